The van der Waals surface area contributed by atoms with Crippen LogP contribution >= 0.6 is 0 Å². The Balaban J connectivity index is 2.50. The summed E-state index contributed by atoms with van der Waals surface area (Å²) < 4.78 is 5.44. The van der Waals surface area contributed by atoms with Gasteiger partial charge in [-0.25, -0.2) is 0 Å². The second-order valence-corrected chi connectivity index (χ2v) is 4.44. The Kier molecular flexibility index (Phi) is 4.18. The van der Waals surface area contributed by atoms with Crippen LogP contribution in [0.4, 0.5) is 0 Å². The Morgan fingerprint density at radius 2 is 1.94 bits per heavy atom. The van der Waals surface area contributed by atoms with Crippen LogP contribution in [0.3, 0.4) is 0 Å². The highest BCUT2D eigenvalue weighted by Crippen LogP contribution is 2.33. The summed E-state index contributed by atoms with van der Waals surface area (Å²) in [6.45, 7) is 0.667. The maximum Gasteiger partial charge on any atom is 0.124 e. The highest BCUT2D eigenvalue weighted by atomic mass is 16.5. The molecule has 0 saturated heterocycles. The molecule has 1 atom stereocenters. The van der Waals surface area contributed by atoms with E-state index in [9.17, 15) is 0 Å². The summed E-state index contributed by atoms with van der Waals surface area (Å²) in [6, 6.07) is 12.3. The van der Waals surface area contributed by atoms with E-state index >= 15 is 0 Å². The van der Waals surface area contributed by atoms with E-state index in [0.717, 1.165) is 24.2 Å². The van der Waals surface area contributed by atoms with Crippen LogP contribution in [0.5, 0.6) is 5.75 Å². The fraction of sp³-hybridized carbons (Fsp3) is 0.333. The molecule has 2 aromatic carbocycles. The zero-order valence-electron chi connectivity index (χ0n) is 10.7. The summed E-state index contributed by atoms with van der Waals surface area (Å²) in [6.07, 6.45) is 1.80. The number of ether oxygens (including phenoxy) is 1. The smallest absolute Gasteiger partial charge is 0.124 e. The molecule has 3 nitrogen and oxygen atoms in total. The molecule has 0 amide bonds. The average molecular weight is 244 g/mol. The number of hydrogen-bond donors (Lipinski definition) is 2. The van der Waals surface area contributed by atoms with Gasteiger partial charge in [0, 0.05) is 11.6 Å². The van der Waals surface area contributed by atoms with E-state index in [4.69, 9.17) is 16.2 Å². The second-order valence-electron chi connectivity index (χ2n) is 4.44. The number of benzene rings is 2. The molecule has 0 saturated carbocycles. The van der Waals surface area contributed by atoms with Crippen molar-refractivity contribution in [3.05, 3.63) is 42.0 Å². The molecule has 2 aromatic rings. The van der Waals surface area contributed by atoms with Crippen LogP contribution in [0.2, 0.25) is 0 Å². The monoisotopic (exact) mass is 244 g/mol. The number of nitrogens with two attached hydrogens (primary N) is 2. The maximum absolute atomic E-state index is 6.29. The zero-order valence-corrected chi connectivity index (χ0v) is 10.7. The van der Waals surface area contributed by atoms with Crippen molar-refractivity contribution in [1.82, 2.24) is 0 Å². The van der Waals surface area contributed by atoms with Gasteiger partial charge in [0.15, 0.2) is 0 Å². The van der Waals surface area contributed by atoms with Gasteiger partial charge >= 0.3 is 0 Å². The van der Waals surface area contributed by atoms with Crippen molar-refractivity contribution in [1.29, 1.82) is 0 Å². The molecule has 0 spiro atoms. The molecule has 0 aromatic heterocycles. The highest BCUT2D eigenvalue weighted by Gasteiger charge is 2.15. The molecule has 96 valence electrons. The molecule has 0 radical (unpaired) electrons. The largest absolute Gasteiger partial charge is 0.496 e. The lowest BCUT2D eigenvalue weighted by Crippen LogP contribution is -2.14. The summed E-state index contributed by atoms with van der Waals surface area (Å²) in [5, 5.41) is 2.36. The van der Waals surface area contributed by atoms with Gasteiger partial charge in [0.05, 0.1) is 7.11 Å². The number of hydrogen-bond acceptors (Lipinski definition) is 3. The van der Waals surface area contributed by atoms with E-state index < -0.39 is 0 Å². The van der Waals surface area contributed by atoms with Crippen molar-refractivity contribution in [2.75, 3.05) is 13.7 Å². The lowest BCUT2D eigenvalue weighted by molar-refractivity contribution is 0.405. The molecular formula is C15H20N2O. The highest BCUT2D eigenvalue weighted by molar-refractivity contribution is 5.88. The van der Waals surface area contributed by atoms with E-state index in [0.29, 0.717) is 6.54 Å². The SMILES string of the molecule is COc1ccc2ccccc2c1[C@@H](N)CCCN. The van der Waals surface area contributed by atoms with E-state index in [1.165, 1.54) is 10.8 Å². The van der Waals surface area contributed by atoms with Crippen LogP contribution in [0.15, 0.2) is 36.4 Å². The third-order valence-corrected chi connectivity index (χ3v) is 3.24. The van der Waals surface area contributed by atoms with Crippen LogP contribution in [-0.4, -0.2) is 13.7 Å². The molecule has 0 bridgehead atoms. The lowest BCUT2D eigenvalue weighted by Gasteiger charge is -2.18. The standard InChI is InChI=1S/C15H20N2O/c1-18-14-9-8-11-5-2-3-6-12(11)15(14)13(17)7-4-10-16/h2-3,5-6,8-9,13H,4,7,10,16-17H2,1H3/t13-/m0/s1. The second kappa shape index (κ2) is 5.85. The van der Waals surface area contributed by atoms with Gasteiger partial charge in [-0.05, 0) is 36.2 Å². The van der Waals surface area contributed by atoms with Crippen molar-refractivity contribution in [2.45, 2.75) is 18.9 Å². The fourth-order valence-corrected chi connectivity index (χ4v) is 2.32. The summed E-state index contributed by atoms with van der Waals surface area (Å²) in [5.74, 6) is 0.859. The Labute approximate surface area is 108 Å². The van der Waals surface area contributed by atoms with E-state index in [1.54, 1.807) is 7.11 Å². The first-order valence-electron chi connectivity index (χ1n) is 6.29. The van der Waals surface area contributed by atoms with Crippen LogP contribution in [0, 0.1) is 0 Å². The molecular weight excluding hydrogens is 224 g/mol. The minimum absolute atomic E-state index is 0.0328. The van der Waals surface area contributed by atoms with Crippen molar-refractivity contribution in [3.63, 3.8) is 0 Å². The Morgan fingerprint density at radius 3 is 2.67 bits per heavy atom. The Hall–Kier alpha value is -1.58. The van der Waals surface area contributed by atoms with Crippen molar-refractivity contribution in [3.8, 4) is 5.75 Å². The normalized spacial score (nSPS) is 12.6. The van der Waals surface area contributed by atoms with Crippen molar-refractivity contribution < 1.29 is 4.74 Å². The zero-order chi connectivity index (χ0) is 13.0. The quantitative estimate of drug-likeness (QED) is 0.849. The van der Waals surface area contributed by atoms with Crippen molar-refractivity contribution in [2.24, 2.45) is 11.5 Å². The molecule has 0 unspecified atom stereocenters. The number of fused-ring (bicyclic) bond motifs is 1. The van der Waals surface area contributed by atoms with Crippen LogP contribution in [0.1, 0.15) is 24.4 Å². The molecule has 0 fully saturated rings. The predicted molar refractivity (Wildman–Crippen MR) is 75.7 cm³/mol. The van der Waals surface area contributed by atoms with Gasteiger partial charge in [-0.1, -0.05) is 30.3 Å². The van der Waals surface area contributed by atoms with E-state index in [1.807, 2.05) is 18.2 Å². The van der Waals surface area contributed by atoms with E-state index in [-0.39, 0.29) is 6.04 Å². The Morgan fingerprint density at radius 1 is 1.17 bits per heavy atom. The van der Waals surface area contributed by atoms with Crippen LogP contribution in [-0.2, 0) is 0 Å². The third kappa shape index (κ3) is 2.47. The van der Waals surface area contributed by atoms with Gasteiger partial charge in [-0.15, -0.1) is 0 Å². The summed E-state index contributed by atoms with van der Waals surface area (Å²) in [7, 11) is 1.68. The minimum atomic E-state index is -0.0328. The van der Waals surface area contributed by atoms with Gasteiger partial charge in [-0.3, -0.25) is 0 Å². The first-order chi connectivity index (χ1) is 8.77. The first kappa shape index (κ1) is 12.9. The van der Waals surface area contributed by atoms with Gasteiger partial charge in [0.2, 0.25) is 0 Å². The summed E-state index contributed by atoms with van der Waals surface area (Å²) in [4.78, 5) is 0. The molecule has 0 aliphatic carbocycles. The lowest BCUT2D eigenvalue weighted by atomic mass is 9.95. The minimum Gasteiger partial charge on any atom is -0.496 e. The molecule has 0 aliphatic heterocycles. The van der Waals surface area contributed by atoms with Crippen LogP contribution < -0.4 is 16.2 Å². The van der Waals surface area contributed by atoms with Crippen LogP contribution in [0.25, 0.3) is 10.8 Å². The Bertz CT molecular complexity index is 525. The fourth-order valence-electron chi connectivity index (χ4n) is 2.32. The van der Waals surface area contributed by atoms with E-state index in [2.05, 4.69) is 18.2 Å². The van der Waals surface area contributed by atoms with Gasteiger partial charge in [0.25, 0.3) is 0 Å². The van der Waals surface area contributed by atoms with Gasteiger partial charge in [0.1, 0.15) is 5.75 Å². The first-order valence-corrected chi connectivity index (χ1v) is 6.29. The molecule has 2 rings (SSSR count). The predicted octanol–water partition coefficient (Wildman–Crippen LogP) is 2.59. The molecule has 0 aliphatic rings. The summed E-state index contributed by atoms with van der Waals surface area (Å²) in [5.41, 5.74) is 12.9. The maximum atomic E-state index is 6.29. The van der Waals surface area contributed by atoms with Gasteiger partial charge in [-0.2, -0.15) is 0 Å². The summed E-state index contributed by atoms with van der Waals surface area (Å²) >= 11 is 0. The molecule has 3 heteroatoms. The number of rotatable bonds is 5. The number of methoxy groups -OCH3 is 1. The third-order valence-electron chi connectivity index (χ3n) is 3.24. The van der Waals surface area contributed by atoms with Crippen molar-refractivity contribution >= 4 is 10.8 Å². The average Bonchev–Trinajstić information content (AvgIpc) is 2.43. The van der Waals surface area contributed by atoms with Gasteiger partial charge < -0.3 is 16.2 Å². The molecule has 0 heterocycles. The molecule has 4 N–H and O–H groups in total. The topological polar surface area (TPSA) is 61.3 Å². The molecule has 18 heavy (non-hydrogen) atoms.